The van der Waals surface area contributed by atoms with E-state index in [9.17, 15) is 9.90 Å². The zero-order valence-corrected chi connectivity index (χ0v) is 12.8. The zero-order valence-electron chi connectivity index (χ0n) is 12.8. The van der Waals surface area contributed by atoms with Gasteiger partial charge in [0, 0.05) is 31.4 Å². The molecule has 1 aromatic heterocycles. The van der Waals surface area contributed by atoms with Crippen molar-refractivity contribution in [1.29, 1.82) is 0 Å². The summed E-state index contributed by atoms with van der Waals surface area (Å²) in [6.07, 6.45) is 2.26. The Morgan fingerprint density at radius 2 is 2.04 bits per heavy atom. The fourth-order valence-electron chi connectivity index (χ4n) is 2.85. The average Bonchev–Trinajstić information content (AvgIpc) is 2.93. The van der Waals surface area contributed by atoms with Gasteiger partial charge in [0.15, 0.2) is 0 Å². The molecule has 23 heavy (non-hydrogen) atoms. The number of carbonyl (C=O) groups is 1. The Morgan fingerprint density at radius 3 is 2.65 bits per heavy atom. The number of nitrogens with two attached hydrogens (primary N) is 2. The van der Waals surface area contributed by atoms with Crippen LogP contribution in [0.3, 0.4) is 0 Å². The molecule has 0 aliphatic carbocycles. The number of hydrogen-bond acceptors (Lipinski definition) is 5. The number of aliphatic hydroxyl groups is 1. The van der Waals surface area contributed by atoms with E-state index in [1.807, 2.05) is 24.3 Å². The Labute approximate surface area is 134 Å². The smallest absolute Gasteiger partial charge is 0.252 e. The Kier molecular flexibility index (Phi) is 4.27. The number of carbonyl (C=O) groups excluding carboxylic acids is 1. The molecule has 6 nitrogen and oxygen atoms in total. The maximum Gasteiger partial charge on any atom is 0.252 e. The lowest BCUT2D eigenvalue weighted by molar-refractivity contribution is 0.100. The number of benzene rings is 1. The van der Waals surface area contributed by atoms with E-state index in [2.05, 4.69) is 9.88 Å². The molecular formula is C17H20N4O2. The molecule has 1 atom stereocenters. The molecule has 6 heteroatoms. The van der Waals surface area contributed by atoms with Crippen LogP contribution >= 0.6 is 0 Å². The van der Waals surface area contributed by atoms with E-state index in [1.54, 1.807) is 12.3 Å². The number of primary amides is 1. The first-order chi connectivity index (χ1) is 11.0. The Hall–Kier alpha value is -2.44. The van der Waals surface area contributed by atoms with Crippen LogP contribution in [0.1, 0.15) is 22.3 Å². The van der Waals surface area contributed by atoms with Crippen molar-refractivity contribution in [3.63, 3.8) is 0 Å². The quantitative estimate of drug-likeness (QED) is 0.781. The van der Waals surface area contributed by atoms with Crippen LogP contribution < -0.4 is 11.5 Å². The van der Waals surface area contributed by atoms with Gasteiger partial charge in [0.1, 0.15) is 5.82 Å². The van der Waals surface area contributed by atoms with Gasteiger partial charge in [0.05, 0.1) is 11.7 Å². The summed E-state index contributed by atoms with van der Waals surface area (Å²) < 4.78 is 0. The minimum absolute atomic E-state index is 0.144. The predicted octanol–water partition coefficient (Wildman–Crippen LogP) is 0.996. The van der Waals surface area contributed by atoms with Crippen LogP contribution in [0.2, 0.25) is 0 Å². The highest BCUT2D eigenvalue weighted by atomic mass is 16.3. The van der Waals surface area contributed by atoms with E-state index in [0.29, 0.717) is 0 Å². The second-order valence-corrected chi connectivity index (χ2v) is 5.90. The third-order valence-electron chi connectivity index (χ3n) is 4.12. The molecule has 1 aliphatic rings. The van der Waals surface area contributed by atoms with Gasteiger partial charge in [0.25, 0.3) is 5.91 Å². The molecule has 1 aliphatic heterocycles. The second kappa shape index (κ2) is 6.36. The molecule has 1 amide bonds. The molecule has 1 unspecified atom stereocenters. The monoisotopic (exact) mass is 312 g/mol. The SMILES string of the molecule is NC(=O)c1cc(-c2ccc(CN3CCC(O)C3)cc2)cnc1N. The molecular weight excluding hydrogens is 292 g/mol. The van der Waals surface area contributed by atoms with E-state index in [0.717, 1.165) is 37.2 Å². The van der Waals surface area contributed by atoms with Crippen molar-refractivity contribution in [1.82, 2.24) is 9.88 Å². The average molecular weight is 312 g/mol. The summed E-state index contributed by atoms with van der Waals surface area (Å²) in [7, 11) is 0. The van der Waals surface area contributed by atoms with Gasteiger partial charge in [-0.25, -0.2) is 4.98 Å². The highest BCUT2D eigenvalue weighted by Gasteiger charge is 2.19. The maximum absolute atomic E-state index is 11.4. The van der Waals surface area contributed by atoms with E-state index in [-0.39, 0.29) is 17.5 Å². The van der Waals surface area contributed by atoms with Crippen molar-refractivity contribution in [2.24, 2.45) is 5.73 Å². The Morgan fingerprint density at radius 1 is 1.30 bits per heavy atom. The molecule has 0 radical (unpaired) electrons. The first-order valence-corrected chi connectivity index (χ1v) is 7.58. The summed E-state index contributed by atoms with van der Waals surface area (Å²) >= 11 is 0. The minimum atomic E-state index is -0.582. The van der Waals surface area contributed by atoms with Crippen LogP contribution in [0.5, 0.6) is 0 Å². The maximum atomic E-state index is 11.4. The highest BCUT2D eigenvalue weighted by Crippen LogP contribution is 2.23. The summed E-state index contributed by atoms with van der Waals surface area (Å²) in [6.45, 7) is 2.47. The zero-order chi connectivity index (χ0) is 16.4. The van der Waals surface area contributed by atoms with Crippen molar-refractivity contribution < 1.29 is 9.90 Å². The number of nitrogens with zero attached hydrogens (tertiary/aromatic N) is 2. The number of likely N-dealkylation sites (tertiary alicyclic amines) is 1. The van der Waals surface area contributed by atoms with Crippen LogP contribution in [0, 0.1) is 0 Å². The van der Waals surface area contributed by atoms with Gasteiger partial charge < -0.3 is 16.6 Å². The van der Waals surface area contributed by atoms with E-state index in [4.69, 9.17) is 11.5 Å². The summed E-state index contributed by atoms with van der Waals surface area (Å²) in [5.41, 5.74) is 14.1. The van der Waals surface area contributed by atoms with E-state index < -0.39 is 5.91 Å². The molecule has 0 spiro atoms. The van der Waals surface area contributed by atoms with Gasteiger partial charge in [-0.3, -0.25) is 9.69 Å². The third-order valence-corrected chi connectivity index (χ3v) is 4.12. The lowest BCUT2D eigenvalue weighted by atomic mass is 10.0. The van der Waals surface area contributed by atoms with Gasteiger partial charge in [-0.15, -0.1) is 0 Å². The summed E-state index contributed by atoms with van der Waals surface area (Å²) in [4.78, 5) is 17.6. The van der Waals surface area contributed by atoms with Crippen LogP contribution in [-0.4, -0.2) is 40.1 Å². The van der Waals surface area contributed by atoms with Gasteiger partial charge in [-0.1, -0.05) is 24.3 Å². The lowest BCUT2D eigenvalue weighted by Gasteiger charge is -2.15. The van der Waals surface area contributed by atoms with Gasteiger partial charge in [-0.2, -0.15) is 0 Å². The number of rotatable bonds is 4. The molecule has 2 heterocycles. The largest absolute Gasteiger partial charge is 0.392 e. The number of anilines is 1. The number of aromatic nitrogens is 1. The van der Waals surface area contributed by atoms with Crippen LogP contribution in [0.15, 0.2) is 36.5 Å². The normalized spacial score (nSPS) is 18.2. The third kappa shape index (κ3) is 3.49. The molecule has 2 aromatic rings. The molecule has 1 fully saturated rings. The van der Waals surface area contributed by atoms with Crippen LogP contribution in [-0.2, 0) is 6.54 Å². The van der Waals surface area contributed by atoms with Crippen molar-refractivity contribution in [2.75, 3.05) is 18.8 Å². The van der Waals surface area contributed by atoms with Gasteiger partial charge in [0.2, 0.25) is 0 Å². The minimum Gasteiger partial charge on any atom is -0.392 e. The predicted molar refractivity (Wildman–Crippen MR) is 88.5 cm³/mol. The molecule has 5 N–H and O–H groups in total. The molecule has 0 saturated carbocycles. The Bertz CT molecular complexity index is 715. The molecule has 1 saturated heterocycles. The molecule has 0 bridgehead atoms. The number of hydrogen-bond donors (Lipinski definition) is 3. The first kappa shape index (κ1) is 15.5. The van der Waals surface area contributed by atoms with Crippen LogP contribution in [0.4, 0.5) is 5.82 Å². The number of nitrogen functional groups attached to an aromatic ring is 1. The van der Waals surface area contributed by atoms with E-state index in [1.165, 1.54) is 5.56 Å². The van der Waals surface area contributed by atoms with Crippen molar-refractivity contribution in [2.45, 2.75) is 19.1 Å². The summed E-state index contributed by atoms with van der Waals surface area (Å²) in [5, 5.41) is 9.57. The standard InChI is InChI=1S/C17H20N4O2/c18-16-15(17(19)23)7-13(8-20-16)12-3-1-11(2-4-12)9-21-6-5-14(22)10-21/h1-4,7-8,14,22H,5-6,9-10H2,(H2,18,20)(H2,19,23). The number of aliphatic hydroxyl groups excluding tert-OH is 1. The summed E-state index contributed by atoms with van der Waals surface area (Å²) in [5.74, 6) is -0.438. The van der Waals surface area contributed by atoms with E-state index >= 15 is 0 Å². The lowest BCUT2D eigenvalue weighted by Crippen LogP contribution is -2.21. The Balaban J connectivity index is 1.77. The second-order valence-electron chi connectivity index (χ2n) is 5.90. The first-order valence-electron chi connectivity index (χ1n) is 7.58. The van der Waals surface area contributed by atoms with Crippen molar-refractivity contribution >= 4 is 11.7 Å². The fourth-order valence-corrected chi connectivity index (χ4v) is 2.85. The topological polar surface area (TPSA) is 105 Å². The van der Waals surface area contributed by atoms with Gasteiger partial charge >= 0.3 is 0 Å². The highest BCUT2D eigenvalue weighted by molar-refractivity contribution is 5.98. The molecule has 1 aromatic carbocycles. The molecule has 120 valence electrons. The van der Waals surface area contributed by atoms with Crippen molar-refractivity contribution in [3.8, 4) is 11.1 Å². The van der Waals surface area contributed by atoms with Crippen LogP contribution in [0.25, 0.3) is 11.1 Å². The fraction of sp³-hybridized carbons (Fsp3) is 0.294. The number of β-amino-alcohol motifs (C(OH)–C–C–N with tert-alkyl or cyclic N) is 1. The van der Waals surface area contributed by atoms with Gasteiger partial charge in [-0.05, 0) is 23.6 Å². The summed E-state index contributed by atoms with van der Waals surface area (Å²) in [6, 6.07) is 9.72. The number of pyridine rings is 1. The van der Waals surface area contributed by atoms with Crippen molar-refractivity contribution in [3.05, 3.63) is 47.7 Å². The molecule has 3 rings (SSSR count). The number of amides is 1.